The number of carboxylic acids is 1. The zero-order chi connectivity index (χ0) is 13.2. The first-order chi connectivity index (χ1) is 8.53. The molecule has 0 spiro atoms. The molecule has 1 heterocycles. The molecule has 0 aromatic carbocycles. The monoisotopic (exact) mass is 255 g/mol. The highest BCUT2D eigenvalue weighted by Gasteiger charge is 2.43. The number of cyclic esters (lactones) is 1. The van der Waals surface area contributed by atoms with Gasteiger partial charge >= 0.3 is 12.1 Å². The van der Waals surface area contributed by atoms with Crippen LogP contribution in [-0.4, -0.2) is 41.8 Å². The molecule has 0 unspecified atom stereocenters. The van der Waals surface area contributed by atoms with Crippen molar-refractivity contribution in [2.45, 2.75) is 39.0 Å². The van der Waals surface area contributed by atoms with Crippen LogP contribution in [0.2, 0.25) is 0 Å². The Hall–Kier alpha value is -1.26. The largest absolute Gasteiger partial charge is 0.481 e. The molecular formula is C13H21NO4. The van der Waals surface area contributed by atoms with Crippen molar-refractivity contribution in [3.05, 3.63) is 0 Å². The Kier molecular flexibility index (Phi) is 3.78. The van der Waals surface area contributed by atoms with Crippen molar-refractivity contribution in [1.29, 1.82) is 0 Å². The predicted octanol–water partition coefficient (Wildman–Crippen LogP) is 2.11. The maximum Gasteiger partial charge on any atom is 0.409 e. The summed E-state index contributed by atoms with van der Waals surface area (Å²) in [4.78, 5) is 24.8. The third kappa shape index (κ3) is 2.60. The maximum absolute atomic E-state index is 11.6. The number of rotatable bonds is 3. The lowest BCUT2D eigenvalue weighted by Gasteiger charge is -2.40. The fraction of sp³-hybridized carbons (Fsp3) is 0.846. The topological polar surface area (TPSA) is 66.8 Å². The van der Waals surface area contributed by atoms with E-state index in [1.807, 2.05) is 0 Å². The van der Waals surface area contributed by atoms with Crippen LogP contribution in [0.5, 0.6) is 0 Å². The minimum absolute atomic E-state index is 0.299. The van der Waals surface area contributed by atoms with E-state index in [4.69, 9.17) is 4.74 Å². The first-order valence-corrected chi connectivity index (χ1v) is 6.69. The lowest BCUT2D eigenvalue weighted by atomic mass is 9.70. The lowest BCUT2D eigenvalue weighted by molar-refractivity contribution is -0.153. The standard InChI is InChI=1S/C13H21NO4/c1-10-3-5-13(6-4-10,11(15)16)9-14-7-2-8-18-12(14)17/h10H,2-9H2,1H3,(H,15,16). The van der Waals surface area contributed by atoms with Crippen LogP contribution in [0.4, 0.5) is 4.79 Å². The van der Waals surface area contributed by atoms with Gasteiger partial charge in [-0.15, -0.1) is 0 Å². The first-order valence-electron chi connectivity index (χ1n) is 6.69. The zero-order valence-corrected chi connectivity index (χ0v) is 10.9. The SMILES string of the molecule is CC1CCC(CN2CCCOC2=O)(C(=O)O)CC1. The van der Waals surface area contributed by atoms with Crippen molar-refractivity contribution in [2.75, 3.05) is 19.7 Å². The number of carbonyl (C=O) groups is 2. The second-order valence-electron chi connectivity index (χ2n) is 5.66. The summed E-state index contributed by atoms with van der Waals surface area (Å²) in [5, 5.41) is 9.51. The predicted molar refractivity (Wildman–Crippen MR) is 65.2 cm³/mol. The van der Waals surface area contributed by atoms with Crippen molar-refractivity contribution >= 4 is 12.1 Å². The number of carbonyl (C=O) groups excluding carboxylic acids is 1. The highest BCUT2D eigenvalue weighted by molar-refractivity contribution is 5.76. The zero-order valence-electron chi connectivity index (χ0n) is 10.9. The van der Waals surface area contributed by atoms with Gasteiger partial charge in [-0.05, 0) is 38.0 Å². The minimum Gasteiger partial charge on any atom is -0.481 e. The van der Waals surface area contributed by atoms with Crippen LogP contribution in [0.3, 0.4) is 0 Å². The summed E-state index contributed by atoms with van der Waals surface area (Å²) >= 11 is 0. The molecule has 1 saturated heterocycles. The molecule has 1 aliphatic heterocycles. The Balaban J connectivity index is 2.06. The minimum atomic E-state index is -0.771. The van der Waals surface area contributed by atoms with Gasteiger partial charge in [0.1, 0.15) is 0 Å². The first kappa shape index (κ1) is 13.2. The summed E-state index contributed by atoms with van der Waals surface area (Å²) in [6.07, 6.45) is 3.60. The van der Waals surface area contributed by atoms with E-state index >= 15 is 0 Å². The molecule has 102 valence electrons. The number of nitrogens with zero attached hydrogens (tertiary/aromatic N) is 1. The molecule has 1 amide bonds. The molecule has 1 N–H and O–H groups in total. The van der Waals surface area contributed by atoms with Crippen molar-refractivity contribution < 1.29 is 19.4 Å². The van der Waals surface area contributed by atoms with Crippen LogP contribution in [-0.2, 0) is 9.53 Å². The third-order valence-electron chi connectivity index (χ3n) is 4.23. The van der Waals surface area contributed by atoms with Gasteiger partial charge in [-0.2, -0.15) is 0 Å². The van der Waals surface area contributed by atoms with Crippen molar-refractivity contribution in [2.24, 2.45) is 11.3 Å². The molecule has 0 radical (unpaired) electrons. The van der Waals surface area contributed by atoms with E-state index in [1.54, 1.807) is 4.90 Å². The van der Waals surface area contributed by atoms with Crippen LogP contribution in [0.25, 0.3) is 0 Å². The second kappa shape index (κ2) is 5.16. The van der Waals surface area contributed by atoms with Gasteiger partial charge in [-0.3, -0.25) is 4.79 Å². The average molecular weight is 255 g/mol. The molecule has 5 nitrogen and oxygen atoms in total. The Morgan fingerprint density at radius 3 is 2.72 bits per heavy atom. The average Bonchev–Trinajstić information content (AvgIpc) is 2.35. The van der Waals surface area contributed by atoms with Crippen molar-refractivity contribution in [1.82, 2.24) is 4.90 Å². The van der Waals surface area contributed by atoms with E-state index < -0.39 is 11.4 Å². The van der Waals surface area contributed by atoms with Gasteiger partial charge < -0.3 is 14.7 Å². The summed E-state index contributed by atoms with van der Waals surface area (Å²) in [6.45, 7) is 3.52. The van der Waals surface area contributed by atoms with Crippen molar-refractivity contribution in [3.8, 4) is 0 Å². The van der Waals surface area contributed by atoms with Gasteiger partial charge in [-0.1, -0.05) is 6.92 Å². The molecule has 0 atom stereocenters. The number of hydrogen-bond donors (Lipinski definition) is 1. The quantitative estimate of drug-likeness (QED) is 0.838. The van der Waals surface area contributed by atoms with E-state index in [9.17, 15) is 14.7 Å². The Morgan fingerprint density at radius 2 is 2.17 bits per heavy atom. The van der Waals surface area contributed by atoms with Gasteiger partial charge in [0.25, 0.3) is 0 Å². The van der Waals surface area contributed by atoms with E-state index in [-0.39, 0.29) is 6.09 Å². The molecule has 0 aromatic rings. The van der Waals surface area contributed by atoms with Gasteiger partial charge in [0.05, 0.1) is 12.0 Å². The molecule has 0 bridgehead atoms. The maximum atomic E-state index is 11.6. The molecular weight excluding hydrogens is 234 g/mol. The molecule has 18 heavy (non-hydrogen) atoms. The highest BCUT2D eigenvalue weighted by Crippen LogP contribution is 2.40. The van der Waals surface area contributed by atoms with Crippen molar-refractivity contribution in [3.63, 3.8) is 0 Å². The molecule has 2 rings (SSSR count). The Morgan fingerprint density at radius 1 is 1.50 bits per heavy atom. The number of amides is 1. The molecule has 2 aliphatic rings. The Labute approximate surface area is 107 Å². The summed E-state index contributed by atoms with van der Waals surface area (Å²) in [7, 11) is 0. The van der Waals surface area contributed by atoms with Crippen LogP contribution >= 0.6 is 0 Å². The molecule has 0 aromatic heterocycles. The molecule has 5 heteroatoms. The normalized spacial score (nSPS) is 33.1. The molecule has 1 saturated carbocycles. The number of carboxylic acid groups (broad SMARTS) is 1. The smallest absolute Gasteiger partial charge is 0.409 e. The van der Waals surface area contributed by atoms with Gasteiger partial charge in [-0.25, -0.2) is 4.79 Å². The van der Waals surface area contributed by atoms with E-state index in [2.05, 4.69) is 6.92 Å². The number of hydrogen-bond acceptors (Lipinski definition) is 3. The Bertz CT molecular complexity index is 334. The summed E-state index contributed by atoms with van der Waals surface area (Å²) in [6, 6.07) is 0. The fourth-order valence-corrected chi connectivity index (χ4v) is 2.86. The molecule has 2 fully saturated rings. The van der Waals surface area contributed by atoms with Crippen LogP contribution in [0, 0.1) is 11.3 Å². The second-order valence-corrected chi connectivity index (χ2v) is 5.66. The van der Waals surface area contributed by atoms with Gasteiger partial charge in [0.15, 0.2) is 0 Å². The fourth-order valence-electron chi connectivity index (χ4n) is 2.86. The molecule has 1 aliphatic carbocycles. The van der Waals surface area contributed by atoms with Gasteiger partial charge in [0.2, 0.25) is 0 Å². The van der Waals surface area contributed by atoms with Crippen LogP contribution in [0.1, 0.15) is 39.0 Å². The van der Waals surface area contributed by atoms with E-state index in [1.165, 1.54) is 0 Å². The number of ether oxygens (including phenoxy) is 1. The third-order valence-corrected chi connectivity index (χ3v) is 4.23. The van der Waals surface area contributed by atoms with Gasteiger partial charge in [0, 0.05) is 13.1 Å². The highest BCUT2D eigenvalue weighted by atomic mass is 16.6. The van der Waals surface area contributed by atoms with E-state index in [0.29, 0.717) is 38.5 Å². The summed E-state index contributed by atoms with van der Waals surface area (Å²) < 4.78 is 4.97. The van der Waals surface area contributed by atoms with Crippen LogP contribution in [0.15, 0.2) is 0 Å². The lowest BCUT2D eigenvalue weighted by Crippen LogP contribution is -2.49. The van der Waals surface area contributed by atoms with E-state index in [0.717, 1.165) is 19.3 Å². The number of aliphatic carboxylic acids is 1. The summed E-state index contributed by atoms with van der Waals surface area (Å²) in [5.41, 5.74) is -0.761. The summed E-state index contributed by atoms with van der Waals surface area (Å²) in [5.74, 6) is -0.182. The van der Waals surface area contributed by atoms with Crippen LogP contribution < -0.4 is 0 Å².